The second kappa shape index (κ2) is 12.3. The fourth-order valence-corrected chi connectivity index (χ4v) is 6.17. The van der Waals surface area contributed by atoms with E-state index in [1.54, 1.807) is 15.7 Å². The Labute approximate surface area is 253 Å². The first-order chi connectivity index (χ1) is 20.5. The van der Waals surface area contributed by atoms with E-state index in [2.05, 4.69) is 19.1 Å². The Morgan fingerprint density at radius 2 is 1.70 bits per heavy atom. The highest BCUT2D eigenvalue weighted by Crippen LogP contribution is 2.38. The summed E-state index contributed by atoms with van der Waals surface area (Å²) in [5.41, 5.74) is 6.32. The maximum Gasteiger partial charge on any atom is 0.418 e. The molecule has 0 N–H and O–H groups in total. The molecule has 0 spiro atoms. The third kappa shape index (κ3) is 6.75. The number of nitrogens with zero attached hydrogens (tertiary/aromatic N) is 3. The molecule has 1 aliphatic heterocycles. The van der Waals surface area contributed by atoms with E-state index in [4.69, 9.17) is 9.47 Å². The lowest BCUT2D eigenvalue weighted by Crippen LogP contribution is -2.43. The van der Waals surface area contributed by atoms with Gasteiger partial charge in [-0.1, -0.05) is 48.5 Å². The smallest absolute Gasteiger partial charge is 0.418 e. The van der Waals surface area contributed by atoms with Crippen molar-refractivity contribution in [3.63, 3.8) is 0 Å². The minimum Gasteiger partial charge on any atom is -0.445 e. The Morgan fingerprint density at radius 3 is 2.37 bits per heavy atom. The number of fused-ring (bicyclic) bond motifs is 1. The van der Waals surface area contributed by atoms with Gasteiger partial charge >= 0.3 is 12.2 Å². The molecule has 7 nitrogen and oxygen atoms in total. The van der Waals surface area contributed by atoms with Crippen LogP contribution in [-0.4, -0.2) is 40.3 Å². The van der Waals surface area contributed by atoms with Crippen LogP contribution in [0.25, 0.3) is 10.9 Å². The van der Waals surface area contributed by atoms with Crippen molar-refractivity contribution in [2.75, 3.05) is 13.1 Å². The summed E-state index contributed by atoms with van der Waals surface area (Å²) in [5, 5.41) is 10.4. The van der Waals surface area contributed by atoms with E-state index < -0.39 is 11.7 Å². The van der Waals surface area contributed by atoms with Crippen LogP contribution in [0.4, 0.5) is 9.59 Å². The summed E-state index contributed by atoms with van der Waals surface area (Å²) in [5.74, 6) is 0.287. The third-order valence-electron chi connectivity index (χ3n) is 8.24. The highest BCUT2D eigenvalue weighted by molar-refractivity contribution is 5.94. The van der Waals surface area contributed by atoms with Crippen molar-refractivity contribution in [2.45, 2.75) is 65.6 Å². The van der Waals surface area contributed by atoms with Crippen LogP contribution in [0.5, 0.6) is 0 Å². The fourth-order valence-electron chi connectivity index (χ4n) is 6.17. The maximum absolute atomic E-state index is 13.2. The van der Waals surface area contributed by atoms with Crippen LogP contribution in [0.15, 0.2) is 72.9 Å². The predicted molar refractivity (Wildman–Crippen MR) is 167 cm³/mol. The topological polar surface area (TPSA) is 84.6 Å². The molecule has 2 heterocycles. The van der Waals surface area contributed by atoms with Crippen LogP contribution in [0, 0.1) is 31.1 Å². The number of piperidine rings is 1. The van der Waals surface area contributed by atoms with Crippen molar-refractivity contribution >= 4 is 23.1 Å². The molecule has 2 atom stereocenters. The number of amides is 1. The highest BCUT2D eigenvalue weighted by Gasteiger charge is 2.34. The Balaban J connectivity index is 1.43. The number of aromatic nitrogens is 1. The van der Waals surface area contributed by atoms with Gasteiger partial charge in [-0.3, -0.25) is 4.57 Å². The molecule has 0 radical (unpaired) electrons. The van der Waals surface area contributed by atoms with E-state index in [1.165, 1.54) is 11.1 Å². The quantitative estimate of drug-likeness (QED) is 0.241. The van der Waals surface area contributed by atoms with E-state index in [-0.39, 0.29) is 24.5 Å². The van der Waals surface area contributed by atoms with Gasteiger partial charge in [0.15, 0.2) is 0 Å². The molecule has 222 valence electrons. The number of hydrogen-bond acceptors (Lipinski definition) is 5. The normalized spacial score (nSPS) is 17.0. The summed E-state index contributed by atoms with van der Waals surface area (Å²) in [4.78, 5) is 28.0. The zero-order chi connectivity index (χ0) is 30.7. The van der Waals surface area contributed by atoms with Crippen molar-refractivity contribution < 1.29 is 19.1 Å². The van der Waals surface area contributed by atoms with Gasteiger partial charge in [0.2, 0.25) is 0 Å². The van der Waals surface area contributed by atoms with Crippen molar-refractivity contribution in [1.82, 2.24) is 9.47 Å². The van der Waals surface area contributed by atoms with Gasteiger partial charge in [0, 0.05) is 30.6 Å². The first-order valence-corrected chi connectivity index (χ1v) is 14.8. The molecule has 1 fully saturated rings. The van der Waals surface area contributed by atoms with Crippen molar-refractivity contribution in [1.29, 1.82) is 5.26 Å². The van der Waals surface area contributed by atoms with Gasteiger partial charge in [0.1, 0.15) is 12.2 Å². The molecular formula is C36H39N3O4. The number of likely N-dealkylation sites (tertiary alicyclic amines) is 1. The number of aryl methyl sites for hydroxylation is 2. The van der Waals surface area contributed by atoms with E-state index >= 15 is 0 Å². The molecule has 1 aromatic heterocycles. The molecule has 0 unspecified atom stereocenters. The molecule has 43 heavy (non-hydrogen) atoms. The third-order valence-corrected chi connectivity index (χ3v) is 8.24. The Bertz CT molecular complexity index is 1660. The zero-order valence-electron chi connectivity index (χ0n) is 25.6. The summed E-state index contributed by atoms with van der Waals surface area (Å²) in [6.07, 6.45) is 2.69. The molecule has 4 aromatic rings. The molecule has 5 rings (SSSR count). The number of nitriles is 1. The number of carbonyl (C=O) groups excluding carboxylic acids is 2. The lowest BCUT2D eigenvalue weighted by molar-refractivity contribution is 0.0544. The monoisotopic (exact) mass is 577 g/mol. The summed E-state index contributed by atoms with van der Waals surface area (Å²) in [7, 11) is 0. The van der Waals surface area contributed by atoms with Crippen LogP contribution >= 0.6 is 0 Å². The van der Waals surface area contributed by atoms with Gasteiger partial charge in [-0.05, 0) is 99.4 Å². The second-order valence-electron chi connectivity index (χ2n) is 12.5. The van der Waals surface area contributed by atoms with Gasteiger partial charge in [-0.2, -0.15) is 5.26 Å². The molecule has 1 saturated heterocycles. The standard InChI is InChI=1S/C36H39N3O4/c1-24-19-25(2)33-30(16-18-39(33)35(41)43-36(3,4)5)31(24)20-29-15-17-38(34(40)42-23-27-9-7-6-8-10-27)22-32(29)28-13-11-26(21-37)12-14-28/h6-14,16,18-19,29,32H,15,17,20,22-23H2,1-5H3/t29-,32-/m0/s1. The SMILES string of the molecule is Cc1cc(C)c2c(ccn2C(=O)OC(C)(C)C)c1C[C@@H]1CCN(C(=O)OCc2ccccc2)C[C@H]1c1ccc(C#N)cc1. The van der Waals surface area contributed by atoms with Gasteiger partial charge < -0.3 is 14.4 Å². The van der Waals surface area contributed by atoms with Gasteiger partial charge in [-0.15, -0.1) is 0 Å². The van der Waals surface area contributed by atoms with Gasteiger partial charge in [0.25, 0.3) is 0 Å². The van der Waals surface area contributed by atoms with E-state index in [9.17, 15) is 14.9 Å². The predicted octanol–water partition coefficient (Wildman–Crippen LogP) is 7.90. The average Bonchev–Trinajstić information content (AvgIpc) is 3.44. The molecule has 1 aliphatic rings. The maximum atomic E-state index is 13.2. The Morgan fingerprint density at radius 1 is 0.977 bits per heavy atom. The molecule has 3 aromatic carbocycles. The van der Waals surface area contributed by atoms with Crippen molar-refractivity contribution in [3.8, 4) is 6.07 Å². The molecule has 0 aliphatic carbocycles. The van der Waals surface area contributed by atoms with E-state index in [1.807, 2.05) is 88.4 Å². The minimum absolute atomic E-state index is 0.0504. The lowest BCUT2D eigenvalue weighted by atomic mass is 9.76. The molecule has 1 amide bonds. The zero-order valence-corrected chi connectivity index (χ0v) is 25.6. The first-order valence-electron chi connectivity index (χ1n) is 14.8. The highest BCUT2D eigenvalue weighted by atomic mass is 16.6. The Hall–Kier alpha value is -4.57. The summed E-state index contributed by atoms with van der Waals surface area (Å²) in [6, 6.07) is 23.7. The van der Waals surface area contributed by atoms with Crippen LogP contribution in [0.3, 0.4) is 0 Å². The number of ether oxygens (including phenoxy) is 2. The van der Waals surface area contributed by atoms with Crippen molar-refractivity contribution in [3.05, 3.63) is 106 Å². The molecular weight excluding hydrogens is 538 g/mol. The van der Waals surface area contributed by atoms with Gasteiger partial charge in [0.05, 0.1) is 17.1 Å². The van der Waals surface area contributed by atoms with Crippen LogP contribution in [0.2, 0.25) is 0 Å². The summed E-state index contributed by atoms with van der Waals surface area (Å²) >= 11 is 0. The number of carbonyl (C=O) groups is 2. The number of hydrogen-bond donors (Lipinski definition) is 0. The summed E-state index contributed by atoms with van der Waals surface area (Å²) < 4.78 is 13.0. The molecule has 0 saturated carbocycles. The summed E-state index contributed by atoms with van der Waals surface area (Å²) in [6.45, 7) is 11.1. The van der Waals surface area contributed by atoms with Crippen LogP contribution in [0.1, 0.15) is 66.5 Å². The molecule has 0 bridgehead atoms. The van der Waals surface area contributed by atoms with Crippen LogP contribution in [-0.2, 0) is 22.5 Å². The van der Waals surface area contributed by atoms with Crippen LogP contribution < -0.4 is 0 Å². The second-order valence-corrected chi connectivity index (χ2v) is 12.5. The lowest BCUT2D eigenvalue weighted by Gasteiger charge is -2.39. The fraction of sp³-hybridized carbons (Fsp3) is 0.361. The van der Waals surface area contributed by atoms with E-state index in [0.29, 0.717) is 18.7 Å². The minimum atomic E-state index is -0.598. The largest absolute Gasteiger partial charge is 0.445 e. The Kier molecular flexibility index (Phi) is 8.59. The van der Waals surface area contributed by atoms with Crippen molar-refractivity contribution in [2.24, 2.45) is 5.92 Å². The number of benzene rings is 3. The van der Waals surface area contributed by atoms with E-state index in [0.717, 1.165) is 40.4 Å². The van der Waals surface area contributed by atoms with Gasteiger partial charge in [-0.25, -0.2) is 9.59 Å². The first kappa shape index (κ1) is 29.9. The molecule has 7 heteroatoms. The average molecular weight is 578 g/mol. The number of rotatable bonds is 5.